The van der Waals surface area contributed by atoms with Crippen molar-refractivity contribution < 1.29 is 24.2 Å². The summed E-state index contributed by atoms with van der Waals surface area (Å²) in [5.41, 5.74) is 2.22. The molecule has 0 aliphatic rings. The average Bonchev–Trinajstić information content (AvgIpc) is 2.85. The molecule has 0 aliphatic heterocycles. The molecule has 35 heavy (non-hydrogen) atoms. The van der Waals surface area contributed by atoms with Crippen molar-refractivity contribution in [2.75, 3.05) is 6.54 Å². The Bertz CT molecular complexity index is 1100. The van der Waals surface area contributed by atoms with Crippen molar-refractivity contribution in [2.45, 2.75) is 18.7 Å². The van der Waals surface area contributed by atoms with Crippen molar-refractivity contribution in [1.29, 1.82) is 0 Å². The number of rotatable bonds is 9. The van der Waals surface area contributed by atoms with Gasteiger partial charge in [-0.05, 0) is 41.0 Å². The Balaban J connectivity index is 1.70. The van der Waals surface area contributed by atoms with Crippen LogP contribution >= 0.6 is 23.2 Å². The number of carbonyl (C=O) groups excluding carboxylic acids is 2. The number of benzene rings is 3. The maximum atomic E-state index is 13.1. The second kappa shape index (κ2) is 12.6. The molecular weight excluding hydrogens is 493 g/mol. The molecule has 0 saturated heterocycles. The summed E-state index contributed by atoms with van der Waals surface area (Å²) >= 11 is 12.0. The van der Waals surface area contributed by atoms with Crippen molar-refractivity contribution in [2.24, 2.45) is 0 Å². The first-order valence-corrected chi connectivity index (χ1v) is 11.3. The van der Waals surface area contributed by atoms with Crippen molar-refractivity contribution in [1.82, 2.24) is 16.0 Å². The van der Waals surface area contributed by atoms with E-state index in [1.165, 1.54) is 0 Å². The highest BCUT2D eigenvalue weighted by atomic mass is 35.5. The van der Waals surface area contributed by atoms with Crippen LogP contribution in [0.4, 0.5) is 9.59 Å². The number of carbonyl (C=O) groups is 3. The number of ether oxygens (including phenoxy) is 1. The van der Waals surface area contributed by atoms with E-state index in [0.29, 0.717) is 10.0 Å². The SMILES string of the molecule is O=C(O)NC(CNC(=O)OCc1ccccc1)C(=O)NC(c1ccc(Cl)cc1)c1ccc(Cl)cc1. The molecule has 182 valence electrons. The molecule has 1 unspecified atom stereocenters. The van der Waals surface area contributed by atoms with E-state index in [4.69, 9.17) is 27.9 Å². The quantitative estimate of drug-likeness (QED) is 0.327. The molecular formula is C25H23Cl2N3O5. The highest BCUT2D eigenvalue weighted by Gasteiger charge is 2.25. The molecule has 3 amide bonds. The average molecular weight is 516 g/mol. The second-order valence-corrected chi connectivity index (χ2v) is 8.36. The number of halogens is 2. The molecule has 0 saturated carbocycles. The molecule has 3 aromatic rings. The van der Waals surface area contributed by atoms with Crippen LogP contribution in [-0.4, -0.2) is 35.8 Å². The van der Waals surface area contributed by atoms with Gasteiger partial charge in [0.1, 0.15) is 12.6 Å². The Morgan fingerprint density at radius 1 is 0.800 bits per heavy atom. The summed E-state index contributed by atoms with van der Waals surface area (Å²) in [6, 6.07) is 20.9. The van der Waals surface area contributed by atoms with Gasteiger partial charge in [0.25, 0.3) is 0 Å². The molecule has 0 fully saturated rings. The Labute approximate surface area is 212 Å². The van der Waals surface area contributed by atoms with Crippen LogP contribution < -0.4 is 16.0 Å². The minimum atomic E-state index is -1.42. The fourth-order valence-corrected chi connectivity index (χ4v) is 3.48. The van der Waals surface area contributed by atoms with E-state index in [-0.39, 0.29) is 13.2 Å². The number of carboxylic acid groups (broad SMARTS) is 1. The lowest BCUT2D eigenvalue weighted by atomic mass is 9.98. The molecule has 0 aliphatic carbocycles. The van der Waals surface area contributed by atoms with Crippen LogP contribution in [0, 0.1) is 0 Å². The molecule has 1 atom stereocenters. The van der Waals surface area contributed by atoms with Crippen molar-refractivity contribution in [3.05, 3.63) is 106 Å². The summed E-state index contributed by atoms with van der Waals surface area (Å²) in [4.78, 5) is 36.5. The van der Waals surface area contributed by atoms with Crippen LogP contribution in [0.5, 0.6) is 0 Å². The third-order valence-electron chi connectivity index (χ3n) is 4.97. The fraction of sp³-hybridized carbons (Fsp3) is 0.160. The lowest BCUT2D eigenvalue weighted by Crippen LogP contribution is -2.53. The maximum Gasteiger partial charge on any atom is 0.407 e. The summed E-state index contributed by atoms with van der Waals surface area (Å²) in [5.74, 6) is -0.648. The smallest absolute Gasteiger partial charge is 0.407 e. The molecule has 0 aromatic heterocycles. The van der Waals surface area contributed by atoms with Crippen molar-refractivity contribution >= 4 is 41.3 Å². The van der Waals surface area contributed by atoms with Crippen molar-refractivity contribution in [3.8, 4) is 0 Å². The van der Waals surface area contributed by atoms with E-state index >= 15 is 0 Å². The third-order valence-corrected chi connectivity index (χ3v) is 5.47. The zero-order valence-electron chi connectivity index (χ0n) is 18.4. The van der Waals surface area contributed by atoms with Crippen molar-refractivity contribution in [3.63, 3.8) is 0 Å². The minimum absolute atomic E-state index is 0.0328. The second-order valence-electron chi connectivity index (χ2n) is 7.49. The third kappa shape index (κ3) is 8.20. The van der Waals surface area contributed by atoms with Gasteiger partial charge in [-0.2, -0.15) is 0 Å². The van der Waals surface area contributed by atoms with Gasteiger partial charge in [-0.25, -0.2) is 9.59 Å². The van der Waals surface area contributed by atoms with Gasteiger partial charge < -0.3 is 25.8 Å². The van der Waals surface area contributed by atoms with Crippen LogP contribution in [0.3, 0.4) is 0 Å². The first kappa shape index (κ1) is 25.9. The predicted octanol–water partition coefficient (Wildman–Crippen LogP) is 4.76. The maximum absolute atomic E-state index is 13.1. The van der Waals surface area contributed by atoms with E-state index in [0.717, 1.165) is 16.7 Å². The van der Waals surface area contributed by atoms with Gasteiger partial charge >= 0.3 is 12.2 Å². The summed E-state index contributed by atoms with van der Waals surface area (Å²) in [5, 5.41) is 17.7. The largest absolute Gasteiger partial charge is 0.465 e. The molecule has 3 rings (SSSR count). The van der Waals surface area contributed by atoms with Gasteiger partial charge in [0.05, 0.1) is 12.6 Å². The van der Waals surface area contributed by atoms with E-state index in [1.807, 2.05) is 18.2 Å². The van der Waals surface area contributed by atoms with Crippen LogP contribution in [0.2, 0.25) is 10.0 Å². The Morgan fingerprint density at radius 3 is 1.86 bits per heavy atom. The number of hydrogen-bond acceptors (Lipinski definition) is 4. The van der Waals surface area contributed by atoms with Gasteiger partial charge in [0.2, 0.25) is 5.91 Å². The molecule has 8 nitrogen and oxygen atoms in total. The summed E-state index contributed by atoms with van der Waals surface area (Å²) in [7, 11) is 0. The highest BCUT2D eigenvalue weighted by molar-refractivity contribution is 6.30. The number of nitrogens with one attached hydrogen (secondary N) is 3. The normalized spacial score (nSPS) is 11.4. The molecule has 0 radical (unpaired) electrons. The lowest BCUT2D eigenvalue weighted by Gasteiger charge is -2.24. The standard InChI is InChI=1S/C25H23Cl2N3O5/c26-19-10-6-17(7-11-19)22(18-8-12-20(27)13-9-18)30-23(31)21(29-24(32)33)14-28-25(34)35-15-16-4-2-1-3-5-16/h1-13,21-22,29H,14-15H2,(H,28,34)(H,30,31)(H,32,33). The minimum Gasteiger partial charge on any atom is -0.465 e. The highest BCUT2D eigenvalue weighted by Crippen LogP contribution is 2.25. The zero-order valence-corrected chi connectivity index (χ0v) is 19.9. The number of amides is 3. The Kier molecular flexibility index (Phi) is 9.34. The van der Waals surface area contributed by atoms with Gasteiger partial charge in [-0.15, -0.1) is 0 Å². The van der Waals surface area contributed by atoms with E-state index in [9.17, 15) is 19.5 Å². The first-order valence-electron chi connectivity index (χ1n) is 10.6. The van der Waals surface area contributed by atoms with Gasteiger partial charge in [-0.1, -0.05) is 77.8 Å². The Morgan fingerprint density at radius 2 is 1.34 bits per heavy atom. The monoisotopic (exact) mass is 515 g/mol. The summed E-state index contributed by atoms with van der Waals surface area (Å²) < 4.78 is 5.12. The van der Waals surface area contributed by atoms with Crippen LogP contribution in [0.15, 0.2) is 78.9 Å². The van der Waals surface area contributed by atoms with Gasteiger partial charge in [0, 0.05) is 10.0 Å². The lowest BCUT2D eigenvalue weighted by molar-refractivity contribution is -0.123. The molecule has 10 heteroatoms. The summed E-state index contributed by atoms with van der Waals surface area (Å²) in [6.07, 6.45) is -2.20. The Hall–Kier alpha value is -3.75. The van der Waals surface area contributed by atoms with Gasteiger partial charge in [0.15, 0.2) is 0 Å². The number of hydrogen-bond donors (Lipinski definition) is 4. The van der Waals surface area contributed by atoms with Crippen LogP contribution in [-0.2, 0) is 16.1 Å². The molecule has 0 spiro atoms. The van der Waals surface area contributed by atoms with E-state index < -0.39 is 30.2 Å². The molecule has 0 bridgehead atoms. The predicted molar refractivity (Wildman–Crippen MR) is 132 cm³/mol. The molecule has 0 heterocycles. The van der Waals surface area contributed by atoms with Crippen LogP contribution in [0.25, 0.3) is 0 Å². The topological polar surface area (TPSA) is 117 Å². The summed E-state index contributed by atoms with van der Waals surface area (Å²) in [6.45, 7) is -0.287. The zero-order chi connectivity index (χ0) is 25.2. The van der Waals surface area contributed by atoms with Gasteiger partial charge in [-0.3, -0.25) is 4.79 Å². The molecule has 4 N–H and O–H groups in total. The fourth-order valence-electron chi connectivity index (χ4n) is 3.23. The first-order chi connectivity index (χ1) is 16.8. The number of alkyl carbamates (subject to hydrolysis) is 1. The van der Waals surface area contributed by atoms with E-state index in [1.54, 1.807) is 60.7 Å². The van der Waals surface area contributed by atoms with Crippen LogP contribution in [0.1, 0.15) is 22.7 Å². The van der Waals surface area contributed by atoms with E-state index in [2.05, 4.69) is 16.0 Å². The molecule has 3 aromatic carbocycles.